The highest BCUT2D eigenvalue weighted by molar-refractivity contribution is 6.53. The molecule has 1 unspecified atom stereocenters. The summed E-state index contributed by atoms with van der Waals surface area (Å²) in [5.41, 5.74) is 2.51. The van der Waals surface area contributed by atoms with Crippen LogP contribution in [0.3, 0.4) is 0 Å². The summed E-state index contributed by atoms with van der Waals surface area (Å²) in [5, 5.41) is 0. The van der Waals surface area contributed by atoms with E-state index < -0.39 is 12.5 Å². The van der Waals surface area contributed by atoms with E-state index >= 15 is 0 Å². The smallest absolute Gasteiger partial charge is 0.401 e. The Balaban J connectivity index is 1.63. The fraction of sp³-hybridized carbons (Fsp3) is 0.174. The largest absolute Gasteiger partial charge is 0.432 e. The molecular formula is C23H20BF2O2. The maximum atomic E-state index is 13.6. The number of carbonyl (C=O) groups is 1. The molecule has 2 aliphatic rings. The molecule has 1 radical (unpaired) electrons. The number of ether oxygens (including phenoxy) is 1. The highest BCUT2D eigenvalue weighted by Crippen LogP contribution is 2.28. The van der Waals surface area contributed by atoms with Crippen LogP contribution >= 0.6 is 0 Å². The van der Waals surface area contributed by atoms with Crippen molar-refractivity contribution >= 4 is 13.1 Å². The van der Waals surface area contributed by atoms with Crippen LogP contribution in [-0.2, 0) is 0 Å². The molecule has 1 aromatic rings. The summed E-state index contributed by atoms with van der Waals surface area (Å²) in [7, 11) is 2.02. The lowest BCUT2D eigenvalue weighted by molar-refractivity contribution is -0.172. The molecule has 1 atom stereocenters. The molecule has 141 valence electrons. The number of halogens is 2. The van der Waals surface area contributed by atoms with Crippen LogP contribution in [0.2, 0.25) is 0 Å². The molecule has 5 heteroatoms. The highest BCUT2D eigenvalue weighted by atomic mass is 19.3. The molecule has 0 amide bonds. The van der Waals surface area contributed by atoms with Crippen LogP contribution in [0.1, 0.15) is 23.2 Å². The maximum absolute atomic E-state index is 13.6. The second-order valence-corrected chi connectivity index (χ2v) is 6.58. The van der Waals surface area contributed by atoms with Crippen LogP contribution in [-0.4, -0.2) is 19.2 Å². The molecule has 1 heterocycles. The first-order valence-electron chi connectivity index (χ1n) is 9.07. The second-order valence-electron chi connectivity index (χ2n) is 6.58. The normalized spacial score (nSPS) is 18.6. The van der Waals surface area contributed by atoms with E-state index in [9.17, 15) is 13.6 Å². The number of allylic oxidation sites excluding steroid dienone is 9. The molecule has 28 heavy (non-hydrogen) atoms. The van der Waals surface area contributed by atoms with Crippen LogP contribution in [0.15, 0.2) is 96.5 Å². The van der Waals surface area contributed by atoms with Crippen molar-refractivity contribution in [2.45, 2.75) is 19.0 Å². The fourth-order valence-corrected chi connectivity index (χ4v) is 2.96. The Kier molecular flexibility index (Phi) is 6.25. The number of carbonyl (C=O) groups excluding carboxylic acids is 1. The van der Waals surface area contributed by atoms with Gasteiger partial charge >= 0.3 is 6.11 Å². The van der Waals surface area contributed by atoms with Gasteiger partial charge in [-0.2, -0.15) is 8.78 Å². The third kappa shape index (κ3) is 5.29. The van der Waals surface area contributed by atoms with Crippen molar-refractivity contribution in [3.8, 4) is 5.75 Å². The molecule has 1 aliphatic carbocycles. The van der Waals surface area contributed by atoms with Crippen molar-refractivity contribution < 1.29 is 18.3 Å². The minimum absolute atomic E-state index is 0.0358. The van der Waals surface area contributed by atoms with E-state index in [1.54, 1.807) is 12.1 Å². The lowest BCUT2D eigenvalue weighted by Crippen LogP contribution is -2.23. The van der Waals surface area contributed by atoms with Crippen LogP contribution in [0.25, 0.3) is 0 Å². The average molecular weight is 377 g/mol. The van der Waals surface area contributed by atoms with Crippen molar-refractivity contribution in [1.29, 1.82) is 0 Å². The van der Waals surface area contributed by atoms with Gasteiger partial charge in [0.25, 0.3) is 0 Å². The topological polar surface area (TPSA) is 26.3 Å². The zero-order valence-corrected chi connectivity index (χ0v) is 15.4. The zero-order chi connectivity index (χ0) is 20.0. The van der Waals surface area contributed by atoms with Crippen LogP contribution in [0, 0.1) is 5.92 Å². The Morgan fingerprint density at radius 2 is 2.21 bits per heavy atom. The van der Waals surface area contributed by atoms with Gasteiger partial charge in [-0.25, -0.2) is 0 Å². The molecule has 0 fully saturated rings. The van der Waals surface area contributed by atoms with Gasteiger partial charge in [-0.05, 0) is 24.1 Å². The maximum Gasteiger partial charge on any atom is 0.401 e. The molecule has 0 N–H and O–H groups in total. The summed E-state index contributed by atoms with van der Waals surface area (Å²) in [4.78, 5) is 12.7. The van der Waals surface area contributed by atoms with E-state index in [-0.39, 0.29) is 17.5 Å². The summed E-state index contributed by atoms with van der Waals surface area (Å²) in [6.07, 6.45) is 11.5. The van der Waals surface area contributed by atoms with E-state index in [1.807, 2.05) is 55.8 Å². The van der Waals surface area contributed by atoms with Gasteiger partial charge in [-0.15, -0.1) is 12.6 Å². The van der Waals surface area contributed by atoms with Crippen LogP contribution in [0.4, 0.5) is 8.78 Å². The number of hydrogen-bond donors (Lipinski definition) is 0. The Morgan fingerprint density at radius 3 is 2.89 bits per heavy atom. The Labute approximate surface area is 164 Å². The van der Waals surface area contributed by atoms with Gasteiger partial charge in [-0.3, -0.25) is 4.79 Å². The second kappa shape index (κ2) is 8.83. The minimum atomic E-state index is -3.35. The first-order chi connectivity index (χ1) is 13.5. The Bertz CT molecular complexity index is 907. The molecule has 1 aliphatic heterocycles. The molecule has 3 rings (SSSR count). The van der Waals surface area contributed by atoms with Gasteiger partial charge in [0, 0.05) is 11.5 Å². The van der Waals surface area contributed by atoms with Gasteiger partial charge in [-0.1, -0.05) is 66.2 Å². The molecule has 0 saturated heterocycles. The standard InChI is InChI=1S/C23H20BF2O2/c1-2-14-23(25,26)28-21-7-3-5-19(16-21)22(27)18-11-8-17(9-12-18)10-13-20-6-4-15-24-20/h2-11,13,15-16,18H,1,12,14H2/b13-10+. The molecule has 0 bridgehead atoms. The SMILES string of the molecule is C=CCC(F)(F)Oc1cccc(C(=O)C2C=CC(/C=C/C3=CC=C[B]3)=CC2)c1. The predicted octanol–water partition coefficient (Wildman–Crippen LogP) is 5.59. The first kappa shape index (κ1) is 19.8. The molecule has 2 nitrogen and oxygen atoms in total. The lowest BCUT2D eigenvalue weighted by atomic mass is 9.73. The van der Waals surface area contributed by atoms with Gasteiger partial charge in [0.1, 0.15) is 5.75 Å². The molecular weight excluding hydrogens is 357 g/mol. The summed E-state index contributed by atoms with van der Waals surface area (Å²) in [6, 6.07) is 5.94. The van der Waals surface area contributed by atoms with Gasteiger partial charge in [0.2, 0.25) is 0 Å². The van der Waals surface area contributed by atoms with E-state index in [1.165, 1.54) is 12.1 Å². The van der Waals surface area contributed by atoms with Gasteiger partial charge in [0.15, 0.2) is 13.1 Å². The predicted molar refractivity (Wildman–Crippen MR) is 109 cm³/mol. The number of rotatable bonds is 8. The van der Waals surface area contributed by atoms with E-state index in [4.69, 9.17) is 4.74 Å². The molecule has 0 aromatic heterocycles. The first-order valence-corrected chi connectivity index (χ1v) is 9.07. The molecule has 1 aromatic carbocycles. The Morgan fingerprint density at radius 1 is 1.36 bits per heavy atom. The third-order valence-corrected chi connectivity index (χ3v) is 4.39. The zero-order valence-electron chi connectivity index (χ0n) is 15.4. The lowest BCUT2D eigenvalue weighted by Gasteiger charge is -2.18. The minimum Gasteiger partial charge on any atom is -0.432 e. The van der Waals surface area contributed by atoms with Crippen molar-refractivity contribution in [3.05, 3.63) is 102 Å². The molecule has 0 saturated carbocycles. The number of hydrogen-bond acceptors (Lipinski definition) is 2. The van der Waals surface area contributed by atoms with Gasteiger partial charge < -0.3 is 4.74 Å². The fourth-order valence-electron chi connectivity index (χ4n) is 2.96. The van der Waals surface area contributed by atoms with Crippen molar-refractivity contribution in [2.75, 3.05) is 0 Å². The highest BCUT2D eigenvalue weighted by Gasteiger charge is 2.30. The van der Waals surface area contributed by atoms with E-state index in [0.29, 0.717) is 12.0 Å². The monoisotopic (exact) mass is 377 g/mol. The third-order valence-electron chi connectivity index (χ3n) is 4.39. The average Bonchev–Trinajstić information content (AvgIpc) is 3.19. The Hall–Kier alpha value is -2.95. The van der Waals surface area contributed by atoms with Crippen LogP contribution < -0.4 is 4.74 Å². The number of ketones is 1. The number of benzene rings is 1. The summed E-state index contributed by atoms with van der Waals surface area (Å²) < 4.78 is 31.9. The number of alkyl halides is 2. The van der Waals surface area contributed by atoms with Gasteiger partial charge in [0.05, 0.1) is 6.42 Å². The van der Waals surface area contributed by atoms with Crippen molar-refractivity contribution in [1.82, 2.24) is 0 Å². The summed E-state index contributed by atoms with van der Waals surface area (Å²) >= 11 is 0. The summed E-state index contributed by atoms with van der Waals surface area (Å²) in [6.45, 7) is 3.30. The van der Waals surface area contributed by atoms with Crippen molar-refractivity contribution in [3.63, 3.8) is 0 Å². The quantitative estimate of drug-likeness (QED) is 0.335. The van der Waals surface area contributed by atoms with E-state index in [0.717, 1.165) is 17.1 Å². The summed E-state index contributed by atoms with van der Waals surface area (Å²) in [5.74, 6) is 1.50. The number of Topliss-reactive ketones (excluding diaryl/α,β-unsaturated/α-hetero) is 1. The van der Waals surface area contributed by atoms with Crippen LogP contribution in [0.5, 0.6) is 5.75 Å². The van der Waals surface area contributed by atoms with E-state index in [2.05, 4.69) is 6.58 Å². The molecule has 0 spiro atoms. The van der Waals surface area contributed by atoms with Crippen molar-refractivity contribution in [2.24, 2.45) is 5.92 Å².